The molecule has 2 rings (SSSR count). The van der Waals surface area contributed by atoms with Crippen molar-refractivity contribution in [2.75, 3.05) is 19.0 Å². The normalized spacial score (nSPS) is 10.9. The first-order valence-corrected chi connectivity index (χ1v) is 8.37. The smallest absolute Gasteiger partial charge is 0.387 e. The summed E-state index contributed by atoms with van der Waals surface area (Å²) in [6.45, 7) is -0.396. The van der Waals surface area contributed by atoms with E-state index in [1.165, 1.54) is 25.3 Å². The molecule has 0 radical (unpaired) electrons. The van der Waals surface area contributed by atoms with Crippen molar-refractivity contribution in [2.24, 2.45) is 0 Å². The molecule has 144 valence electrons. The molecule has 1 amide bonds. The number of halogens is 2. The third-order valence-corrected chi connectivity index (χ3v) is 3.44. The highest BCUT2D eigenvalue weighted by molar-refractivity contribution is 6.02. The van der Waals surface area contributed by atoms with Gasteiger partial charge in [-0.2, -0.15) is 8.78 Å². The van der Waals surface area contributed by atoms with Gasteiger partial charge in [-0.1, -0.05) is 25.1 Å². The first-order chi connectivity index (χ1) is 13.0. The molecule has 0 heterocycles. The number of ether oxygens (including phenoxy) is 3. The van der Waals surface area contributed by atoms with Crippen LogP contribution in [0.1, 0.15) is 18.9 Å². The van der Waals surface area contributed by atoms with Crippen molar-refractivity contribution in [3.05, 3.63) is 54.1 Å². The Hall–Kier alpha value is -3.09. The lowest BCUT2D eigenvalue weighted by Crippen LogP contribution is -2.09. The number of carbonyl (C=O) groups is 1. The Morgan fingerprint density at radius 3 is 2.63 bits per heavy atom. The standard InChI is InChI=1S/C20H21F2NO4/c1-3-12-26-16-7-5-4-6-15(16)23-19(24)11-9-14-8-10-17(27-20(21)22)18(13-14)25-2/h4-11,13,20H,3,12H2,1-2H3,(H,23,24)/b11-9+. The zero-order chi connectivity index (χ0) is 19.6. The Bertz CT molecular complexity index is 793. The van der Waals surface area contributed by atoms with Gasteiger partial charge >= 0.3 is 6.61 Å². The Kier molecular flexibility index (Phi) is 7.61. The first-order valence-electron chi connectivity index (χ1n) is 8.37. The van der Waals surface area contributed by atoms with Crippen LogP contribution in [0.25, 0.3) is 6.08 Å². The van der Waals surface area contributed by atoms with Gasteiger partial charge in [0, 0.05) is 6.08 Å². The SMILES string of the molecule is CCCOc1ccccc1NC(=O)/C=C/c1ccc(OC(F)F)c(OC)c1. The summed E-state index contributed by atoms with van der Waals surface area (Å²) < 4.78 is 39.7. The minimum absolute atomic E-state index is 0.0731. The maximum atomic E-state index is 12.4. The summed E-state index contributed by atoms with van der Waals surface area (Å²) >= 11 is 0. The summed E-state index contributed by atoms with van der Waals surface area (Å²) in [6.07, 6.45) is 3.73. The van der Waals surface area contributed by atoms with Crippen LogP contribution in [-0.4, -0.2) is 26.2 Å². The van der Waals surface area contributed by atoms with Gasteiger partial charge in [0.15, 0.2) is 11.5 Å². The van der Waals surface area contributed by atoms with Crippen LogP contribution in [0.4, 0.5) is 14.5 Å². The fourth-order valence-corrected chi connectivity index (χ4v) is 2.24. The average Bonchev–Trinajstić information content (AvgIpc) is 2.66. The van der Waals surface area contributed by atoms with Gasteiger partial charge in [-0.05, 0) is 42.3 Å². The van der Waals surface area contributed by atoms with Gasteiger partial charge in [0.25, 0.3) is 0 Å². The summed E-state index contributed by atoms with van der Waals surface area (Å²) in [7, 11) is 1.35. The molecule has 0 aliphatic heterocycles. The van der Waals surface area contributed by atoms with Crippen LogP contribution >= 0.6 is 0 Å². The molecule has 0 aromatic heterocycles. The number of anilines is 1. The van der Waals surface area contributed by atoms with E-state index in [0.29, 0.717) is 23.6 Å². The number of alkyl halides is 2. The lowest BCUT2D eigenvalue weighted by atomic mass is 10.2. The molecule has 0 fully saturated rings. The second-order valence-electron chi connectivity index (χ2n) is 5.46. The van der Waals surface area contributed by atoms with E-state index in [0.717, 1.165) is 6.42 Å². The summed E-state index contributed by atoms with van der Waals surface area (Å²) in [5.41, 5.74) is 1.16. The first kappa shape index (κ1) is 20.2. The maximum Gasteiger partial charge on any atom is 0.387 e. The van der Waals surface area contributed by atoms with Gasteiger partial charge in [-0.15, -0.1) is 0 Å². The summed E-state index contributed by atoms with van der Waals surface area (Å²) in [5.74, 6) is 0.318. The number of methoxy groups -OCH3 is 1. The van der Waals surface area contributed by atoms with Crippen molar-refractivity contribution in [3.63, 3.8) is 0 Å². The summed E-state index contributed by atoms with van der Waals surface area (Å²) in [4.78, 5) is 12.2. The van der Waals surface area contributed by atoms with E-state index >= 15 is 0 Å². The van der Waals surface area contributed by atoms with Gasteiger partial charge in [0.05, 0.1) is 19.4 Å². The molecule has 0 aliphatic carbocycles. The molecule has 0 spiro atoms. The van der Waals surface area contributed by atoms with E-state index in [1.807, 2.05) is 13.0 Å². The lowest BCUT2D eigenvalue weighted by molar-refractivity contribution is -0.111. The van der Waals surface area contributed by atoms with Crippen molar-refractivity contribution in [1.82, 2.24) is 0 Å². The van der Waals surface area contributed by atoms with Crippen LogP contribution < -0.4 is 19.5 Å². The van der Waals surface area contributed by atoms with Crippen molar-refractivity contribution in [2.45, 2.75) is 20.0 Å². The molecule has 5 nitrogen and oxygen atoms in total. The fraction of sp³-hybridized carbons (Fsp3) is 0.250. The zero-order valence-electron chi connectivity index (χ0n) is 15.1. The average molecular weight is 377 g/mol. The second-order valence-corrected chi connectivity index (χ2v) is 5.46. The van der Waals surface area contributed by atoms with E-state index < -0.39 is 6.61 Å². The maximum absolute atomic E-state index is 12.4. The minimum Gasteiger partial charge on any atom is -0.493 e. The van der Waals surface area contributed by atoms with Gasteiger partial charge < -0.3 is 19.5 Å². The number of carbonyl (C=O) groups excluding carboxylic acids is 1. The molecule has 27 heavy (non-hydrogen) atoms. The molecule has 0 atom stereocenters. The number of benzene rings is 2. The highest BCUT2D eigenvalue weighted by Crippen LogP contribution is 2.30. The van der Waals surface area contributed by atoms with Gasteiger partial charge in [0.2, 0.25) is 5.91 Å². The van der Waals surface area contributed by atoms with Crippen LogP contribution in [0.5, 0.6) is 17.2 Å². The number of amides is 1. The van der Waals surface area contributed by atoms with Crippen molar-refractivity contribution in [3.8, 4) is 17.2 Å². The Labute approximate surface area is 156 Å². The minimum atomic E-state index is -2.94. The molecule has 2 aromatic carbocycles. The Morgan fingerprint density at radius 1 is 1.15 bits per heavy atom. The molecule has 0 unspecified atom stereocenters. The van der Waals surface area contributed by atoms with Gasteiger partial charge in [-0.3, -0.25) is 4.79 Å². The number of rotatable bonds is 9. The molecule has 2 aromatic rings. The highest BCUT2D eigenvalue weighted by atomic mass is 19.3. The van der Waals surface area contributed by atoms with E-state index in [2.05, 4.69) is 10.1 Å². The van der Waals surface area contributed by atoms with Crippen LogP contribution in [0.3, 0.4) is 0 Å². The molecule has 0 aliphatic rings. The van der Waals surface area contributed by atoms with Crippen LogP contribution in [0.15, 0.2) is 48.5 Å². The molecule has 0 saturated heterocycles. The number of hydrogen-bond donors (Lipinski definition) is 1. The Morgan fingerprint density at radius 2 is 1.93 bits per heavy atom. The molecular formula is C20H21F2NO4. The molecule has 0 saturated carbocycles. The lowest BCUT2D eigenvalue weighted by Gasteiger charge is -2.11. The second kappa shape index (κ2) is 10.2. The summed E-state index contributed by atoms with van der Waals surface area (Å²) in [5, 5.41) is 2.75. The molecule has 0 bridgehead atoms. The third-order valence-electron chi connectivity index (χ3n) is 3.44. The largest absolute Gasteiger partial charge is 0.493 e. The van der Waals surface area contributed by atoms with E-state index in [4.69, 9.17) is 9.47 Å². The van der Waals surface area contributed by atoms with E-state index in [9.17, 15) is 13.6 Å². The quantitative estimate of drug-likeness (QED) is 0.642. The Balaban J connectivity index is 2.06. The van der Waals surface area contributed by atoms with Gasteiger partial charge in [-0.25, -0.2) is 0 Å². The molecule has 1 N–H and O–H groups in total. The third kappa shape index (κ3) is 6.29. The van der Waals surface area contributed by atoms with Crippen LogP contribution in [0.2, 0.25) is 0 Å². The van der Waals surface area contributed by atoms with Crippen LogP contribution in [-0.2, 0) is 4.79 Å². The molecular weight excluding hydrogens is 356 g/mol. The molecule has 7 heteroatoms. The monoisotopic (exact) mass is 377 g/mol. The van der Waals surface area contributed by atoms with Crippen molar-refractivity contribution < 1.29 is 27.8 Å². The van der Waals surface area contributed by atoms with Crippen LogP contribution in [0, 0.1) is 0 Å². The fourth-order valence-electron chi connectivity index (χ4n) is 2.24. The van der Waals surface area contributed by atoms with Crippen molar-refractivity contribution in [1.29, 1.82) is 0 Å². The predicted molar refractivity (Wildman–Crippen MR) is 99.5 cm³/mol. The van der Waals surface area contributed by atoms with Crippen molar-refractivity contribution >= 4 is 17.7 Å². The van der Waals surface area contributed by atoms with Gasteiger partial charge in [0.1, 0.15) is 5.75 Å². The van der Waals surface area contributed by atoms with E-state index in [-0.39, 0.29) is 17.4 Å². The number of hydrogen-bond acceptors (Lipinski definition) is 4. The topological polar surface area (TPSA) is 56.8 Å². The van der Waals surface area contributed by atoms with E-state index in [1.54, 1.807) is 30.3 Å². The summed E-state index contributed by atoms with van der Waals surface area (Å²) in [6, 6.07) is 11.5. The number of nitrogens with one attached hydrogen (secondary N) is 1. The number of para-hydroxylation sites is 2. The zero-order valence-corrected chi connectivity index (χ0v) is 15.1. The predicted octanol–water partition coefficient (Wildman–Crippen LogP) is 4.74. The highest BCUT2D eigenvalue weighted by Gasteiger charge is 2.10.